The predicted octanol–water partition coefficient (Wildman–Crippen LogP) is 0.801. The normalized spacial score (nSPS) is 21.7. The lowest BCUT2D eigenvalue weighted by Crippen LogP contribution is -2.44. The molecule has 0 saturated carbocycles. The highest BCUT2D eigenvalue weighted by molar-refractivity contribution is 5.72. The van der Waals surface area contributed by atoms with Crippen molar-refractivity contribution in [1.29, 1.82) is 0 Å². The molecule has 20 heavy (non-hydrogen) atoms. The van der Waals surface area contributed by atoms with E-state index in [1.165, 1.54) is 7.11 Å². The lowest BCUT2D eigenvalue weighted by Gasteiger charge is -2.30. The van der Waals surface area contributed by atoms with E-state index >= 15 is 0 Å². The molecule has 0 aliphatic carbocycles. The van der Waals surface area contributed by atoms with Crippen molar-refractivity contribution in [3.8, 4) is 5.88 Å². The second-order valence-electron chi connectivity index (χ2n) is 4.64. The van der Waals surface area contributed by atoms with Crippen molar-refractivity contribution in [2.45, 2.75) is 19.4 Å². The average Bonchev–Trinajstić information content (AvgIpc) is 2.94. The third kappa shape index (κ3) is 2.98. The Balaban J connectivity index is 2.27. The largest absolute Gasteiger partial charge is 0.481 e. The van der Waals surface area contributed by atoms with Gasteiger partial charge in [-0.2, -0.15) is 4.98 Å². The number of carboxylic acids is 1. The number of anilines is 1. The SMILES string of the molecule is CCCN(c1nccc(OC)n1)C1COCC1C(=O)O. The third-order valence-electron chi connectivity index (χ3n) is 3.32. The zero-order valence-corrected chi connectivity index (χ0v) is 11.7. The van der Waals surface area contributed by atoms with Crippen LogP contribution in [0.4, 0.5) is 5.95 Å². The van der Waals surface area contributed by atoms with Crippen LogP contribution in [0.1, 0.15) is 13.3 Å². The molecule has 1 aromatic rings. The van der Waals surface area contributed by atoms with Crippen LogP contribution in [-0.2, 0) is 9.53 Å². The molecular weight excluding hydrogens is 262 g/mol. The topological polar surface area (TPSA) is 84.8 Å². The molecule has 2 heterocycles. The molecule has 1 N–H and O–H groups in total. The van der Waals surface area contributed by atoms with Gasteiger partial charge in [0, 0.05) is 18.8 Å². The fourth-order valence-electron chi connectivity index (χ4n) is 2.33. The minimum Gasteiger partial charge on any atom is -0.481 e. The van der Waals surface area contributed by atoms with Crippen LogP contribution >= 0.6 is 0 Å². The Bertz CT molecular complexity index is 469. The summed E-state index contributed by atoms with van der Waals surface area (Å²) in [5.74, 6) is -0.470. The van der Waals surface area contributed by atoms with Gasteiger partial charge in [0.25, 0.3) is 0 Å². The molecule has 0 radical (unpaired) electrons. The monoisotopic (exact) mass is 281 g/mol. The fourth-order valence-corrected chi connectivity index (χ4v) is 2.33. The first-order valence-electron chi connectivity index (χ1n) is 6.61. The summed E-state index contributed by atoms with van der Waals surface area (Å²) in [6.45, 7) is 3.30. The quantitative estimate of drug-likeness (QED) is 0.825. The smallest absolute Gasteiger partial charge is 0.311 e. The number of methoxy groups -OCH3 is 1. The van der Waals surface area contributed by atoms with Crippen LogP contribution in [0.2, 0.25) is 0 Å². The maximum Gasteiger partial charge on any atom is 0.311 e. The molecule has 7 heteroatoms. The van der Waals surface area contributed by atoms with Gasteiger partial charge in [-0.05, 0) is 6.42 Å². The van der Waals surface area contributed by atoms with E-state index in [2.05, 4.69) is 9.97 Å². The summed E-state index contributed by atoms with van der Waals surface area (Å²) in [6, 6.07) is 1.41. The van der Waals surface area contributed by atoms with Gasteiger partial charge in [-0.25, -0.2) is 4.98 Å². The fraction of sp³-hybridized carbons (Fsp3) is 0.615. The van der Waals surface area contributed by atoms with Crippen LogP contribution in [0, 0.1) is 5.92 Å². The van der Waals surface area contributed by atoms with Gasteiger partial charge in [-0.1, -0.05) is 6.92 Å². The van der Waals surface area contributed by atoms with E-state index in [1.807, 2.05) is 11.8 Å². The lowest BCUT2D eigenvalue weighted by atomic mass is 10.0. The maximum absolute atomic E-state index is 11.3. The minimum atomic E-state index is -0.850. The van der Waals surface area contributed by atoms with E-state index < -0.39 is 11.9 Å². The summed E-state index contributed by atoms with van der Waals surface area (Å²) in [6.07, 6.45) is 2.47. The number of hydrogen-bond acceptors (Lipinski definition) is 6. The molecule has 0 spiro atoms. The van der Waals surface area contributed by atoms with Crippen LogP contribution in [0.5, 0.6) is 5.88 Å². The molecule has 0 amide bonds. The van der Waals surface area contributed by atoms with E-state index in [-0.39, 0.29) is 12.6 Å². The average molecular weight is 281 g/mol. The number of rotatable bonds is 6. The summed E-state index contributed by atoms with van der Waals surface area (Å²) in [5.41, 5.74) is 0. The third-order valence-corrected chi connectivity index (χ3v) is 3.32. The van der Waals surface area contributed by atoms with Gasteiger partial charge < -0.3 is 19.5 Å². The van der Waals surface area contributed by atoms with Gasteiger partial charge in [-0.15, -0.1) is 0 Å². The maximum atomic E-state index is 11.3. The van der Waals surface area contributed by atoms with Gasteiger partial charge >= 0.3 is 5.97 Å². The molecule has 2 rings (SSSR count). The Morgan fingerprint density at radius 2 is 2.40 bits per heavy atom. The summed E-state index contributed by atoms with van der Waals surface area (Å²) < 4.78 is 10.4. The van der Waals surface area contributed by atoms with Gasteiger partial charge in [-0.3, -0.25) is 4.79 Å². The lowest BCUT2D eigenvalue weighted by molar-refractivity contribution is -0.142. The van der Waals surface area contributed by atoms with Crippen molar-refractivity contribution < 1.29 is 19.4 Å². The molecule has 110 valence electrons. The molecule has 2 unspecified atom stereocenters. The second kappa shape index (κ2) is 6.51. The summed E-state index contributed by atoms with van der Waals surface area (Å²) in [4.78, 5) is 21.7. The molecule has 0 aromatic carbocycles. The number of aromatic nitrogens is 2. The second-order valence-corrected chi connectivity index (χ2v) is 4.64. The first-order valence-corrected chi connectivity index (χ1v) is 6.61. The van der Waals surface area contributed by atoms with E-state index in [1.54, 1.807) is 12.3 Å². The van der Waals surface area contributed by atoms with Gasteiger partial charge in [0.1, 0.15) is 5.92 Å². The molecule has 7 nitrogen and oxygen atoms in total. The van der Waals surface area contributed by atoms with Crippen LogP contribution in [0.3, 0.4) is 0 Å². The van der Waals surface area contributed by atoms with Crippen LogP contribution in [0.25, 0.3) is 0 Å². The first-order chi connectivity index (χ1) is 9.67. The van der Waals surface area contributed by atoms with E-state index in [4.69, 9.17) is 9.47 Å². The molecule has 1 fully saturated rings. The van der Waals surface area contributed by atoms with Crippen LogP contribution < -0.4 is 9.64 Å². The highest BCUT2D eigenvalue weighted by Gasteiger charge is 2.38. The van der Waals surface area contributed by atoms with Gasteiger partial charge in [0.15, 0.2) is 0 Å². The highest BCUT2D eigenvalue weighted by atomic mass is 16.5. The van der Waals surface area contributed by atoms with E-state index in [9.17, 15) is 9.90 Å². The number of nitrogens with zero attached hydrogens (tertiary/aromatic N) is 3. The number of carboxylic acid groups (broad SMARTS) is 1. The minimum absolute atomic E-state index is 0.226. The Morgan fingerprint density at radius 3 is 3.05 bits per heavy atom. The number of ether oxygens (including phenoxy) is 2. The van der Waals surface area contributed by atoms with Gasteiger partial charge in [0.2, 0.25) is 11.8 Å². The Hall–Kier alpha value is -1.89. The van der Waals surface area contributed by atoms with Crippen molar-refractivity contribution in [3.63, 3.8) is 0 Å². The molecule has 1 aliphatic rings. The molecule has 1 aliphatic heterocycles. The molecule has 2 atom stereocenters. The Labute approximate surface area is 117 Å². The van der Waals surface area contributed by atoms with Gasteiger partial charge in [0.05, 0.1) is 26.4 Å². The number of hydrogen-bond donors (Lipinski definition) is 1. The van der Waals surface area contributed by atoms with Crippen LogP contribution in [-0.4, -0.2) is 54.0 Å². The molecular formula is C13H19N3O4. The van der Waals surface area contributed by atoms with Crippen molar-refractivity contribution in [2.75, 3.05) is 31.8 Å². The number of aliphatic carboxylic acids is 1. The van der Waals surface area contributed by atoms with Crippen molar-refractivity contribution >= 4 is 11.9 Å². The van der Waals surface area contributed by atoms with Crippen LogP contribution in [0.15, 0.2) is 12.3 Å². The molecule has 1 saturated heterocycles. The predicted molar refractivity (Wildman–Crippen MR) is 72.0 cm³/mol. The zero-order valence-electron chi connectivity index (χ0n) is 11.7. The van der Waals surface area contributed by atoms with Crippen molar-refractivity contribution in [3.05, 3.63) is 12.3 Å². The standard InChI is InChI=1S/C13H19N3O4/c1-3-6-16(10-8-20-7-9(10)12(17)18)13-14-5-4-11(15-13)19-2/h4-5,9-10H,3,6-8H2,1-2H3,(H,17,18). The molecule has 0 bridgehead atoms. The summed E-state index contributed by atoms with van der Waals surface area (Å²) in [7, 11) is 1.54. The zero-order chi connectivity index (χ0) is 14.5. The summed E-state index contributed by atoms with van der Waals surface area (Å²) >= 11 is 0. The van der Waals surface area contributed by atoms with Crippen molar-refractivity contribution in [2.24, 2.45) is 5.92 Å². The molecule has 1 aromatic heterocycles. The van der Waals surface area contributed by atoms with E-state index in [0.29, 0.717) is 25.0 Å². The number of carbonyl (C=O) groups is 1. The highest BCUT2D eigenvalue weighted by Crippen LogP contribution is 2.24. The van der Waals surface area contributed by atoms with Crippen molar-refractivity contribution in [1.82, 2.24) is 9.97 Å². The van der Waals surface area contributed by atoms with E-state index in [0.717, 1.165) is 6.42 Å². The Kier molecular flexibility index (Phi) is 4.73. The first kappa shape index (κ1) is 14.5. The Morgan fingerprint density at radius 1 is 1.60 bits per heavy atom. The summed E-state index contributed by atoms with van der Waals surface area (Å²) in [5, 5.41) is 9.28.